The molecule has 0 radical (unpaired) electrons. The fraction of sp³-hybridized carbons (Fsp3) is 0.462. The van der Waals surface area contributed by atoms with Gasteiger partial charge >= 0.3 is 5.97 Å². The van der Waals surface area contributed by atoms with E-state index in [9.17, 15) is 9.59 Å². The first kappa shape index (κ1) is 14.2. The van der Waals surface area contributed by atoms with Crippen molar-refractivity contribution in [1.82, 2.24) is 9.88 Å². The lowest BCUT2D eigenvalue weighted by Crippen LogP contribution is -2.38. The van der Waals surface area contributed by atoms with E-state index in [0.29, 0.717) is 6.54 Å². The third kappa shape index (κ3) is 3.06. The van der Waals surface area contributed by atoms with Crippen molar-refractivity contribution in [2.75, 3.05) is 6.54 Å². The van der Waals surface area contributed by atoms with Gasteiger partial charge in [-0.15, -0.1) is 0 Å². The van der Waals surface area contributed by atoms with Crippen molar-refractivity contribution in [2.24, 2.45) is 0 Å². The van der Waals surface area contributed by atoms with Crippen LogP contribution in [-0.2, 0) is 0 Å². The molecule has 1 unspecified atom stereocenters. The van der Waals surface area contributed by atoms with Crippen molar-refractivity contribution < 1.29 is 14.7 Å². The number of nitrogens with zero attached hydrogens (tertiary/aromatic N) is 2. The van der Waals surface area contributed by atoms with Gasteiger partial charge in [0.2, 0.25) is 0 Å². The predicted octanol–water partition coefficient (Wildman–Crippen LogP) is 2.04. The Hall–Kier alpha value is -1.91. The fourth-order valence-electron chi connectivity index (χ4n) is 1.70. The van der Waals surface area contributed by atoms with Crippen LogP contribution in [0.4, 0.5) is 0 Å². The largest absolute Gasteiger partial charge is 0.477 e. The summed E-state index contributed by atoms with van der Waals surface area (Å²) < 4.78 is 0. The first-order chi connectivity index (χ1) is 8.51. The van der Waals surface area contributed by atoms with E-state index in [4.69, 9.17) is 5.11 Å². The topological polar surface area (TPSA) is 70.5 Å². The number of carbonyl (C=O) groups excluding carboxylic acids is 1. The molecule has 1 atom stereocenters. The minimum Gasteiger partial charge on any atom is -0.477 e. The maximum absolute atomic E-state index is 12.2. The summed E-state index contributed by atoms with van der Waals surface area (Å²) in [7, 11) is 0. The quantitative estimate of drug-likeness (QED) is 0.868. The minimum absolute atomic E-state index is 0.109. The number of carboxylic acid groups (broad SMARTS) is 1. The van der Waals surface area contributed by atoms with Crippen molar-refractivity contribution >= 4 is 11.9 Å². The number of aromatic carboxylic acids is 1. The molecule has 5 heteroatoms. The number of rotatable bonds is 5. The molecule has 0 aliphatic rings. The lowest BCUT2D eigenvalue weighted by Gasteiger charge is -2.26. The highest BCUT2D eigenvalue weighted by Gasteiger charge is 2.20. The zero-order chi connectivity index (χ0) is 13.7. The molecule has 0 saturated heterocycles. The smallest absolute Gasteiger partial charge is 0.354 e. The lowest BCUT2D eigenvalue weighted by molar-refractivity contribution is 0.0685. The number of hydrogen-bond acceptors (Lipinski definition) is 3. The van der Waals surface area contributed by atoms with Crippen molar-refractivity contribution in [2.45, 2.75) is 33.2 Å². The normalized spacial score (nSPS) is 11.9. The summed E-state index contributed by atoms with van der Waals surface area (Å²) in [4.78, 5) is 28.6. The molecule has 1 aromatic heterocycles. The lowest BCUT2D eigenvalue weighted by atomic mass is 10.2. The van der Waals surface area contributed by atoms with Crippen LogP contribution in [0.5, 0.6) is 0 Å². The Kier molecular flexibility index (Phi) is 4.83. The predicted molar refractivity (Wildman–Crippen MR) is 67.7 cm³/mol. The Morgan fingerprint density at radius 1 is 1.33 bits per heavy atom. The van der Waals surface area contributed by atoms with Gasteiger partial charge in [-0.3, -0.25) is 4.79 Å². The number of carbonyl (C=O) groups is 2. The molecule has 0 spiro atoms. The molecular formula is C13H18N2O3. The number of hydrogen-bond donors (Lipinski definition) is 1. The molecule has 5 nitrogen and oxygen atoms in total. The monoisotopic (exact) mass is 250 g/mol. The van der Waals surface area contributed by atoms with Crippen LogP contribution in [0.15, 0.2) is 18.2 Å². The van der Waals surface area contributed by atoms with E-state index in [1.807, 2.05) is 20.8 Å². The maximum Gasteiger partial charge on any atom is 0.354 e. The average Bonchev–Trinajstić information content (AvgIpc) is 2.39. The van der Waals surface area contributed by atoms with E-state index < -0.39 is 5.97 Å². The molecule has 18 heavy (non-hydrogen) atoms. The van der Waals surface area contributed by atoms with E-state index in [-0.39, 0.29) is 23.3 Å². The second-order valence-electron chi connectivity index (χ2n) is 4.06. The Morgan fingerprint density at radius 3 is 2.44 bits per heavy atom. The highest BCUT2D eigenvalue weighted by molar-refractivity contribution is 5.94. The van der Waals surface area contributed by atoms with Gasteiger partial charge in [0.15, 0.2) is 0 Å². The van der Waals surface area contributed by atoms with Gasteiger partial charge in [0, 0.05) is 12.6 Å². The van der Waals surface area contributed by atoms with Crippen LogP contribution in [0.1, 0.15) is 48.2 Å². The fourth-order valence-corrected chi connectivity index (χ4v) is 1.70. The molecule has 98 valence electrons. The molecule has 0 bridgehead atoms. The zero-order valence-electron chi connectivity index (χ0n) is 10.9. The third-order valence-electron chi connectivity index (χ3n) is 2.91. The third-order valence-corrected chi connectivity index (χ3v) is 2.91. The molecular weight excluding hydrogens is 232 g/mol. The molecule has 1 aromatic rings. The van der Waals surface area contributed by atoms with Crippen LogP contribution in [0.3, 0.4) is 0 Å². The summed E-state index contributed by atoms with van der Waals surface area (Å²) in [5.41, 5.74) is 0.0677. The van der Waals surface area contributed by atoms with Crippen LogP contribution >= 0.6 is 0 Å². The number of carboxylic acids is 1. The molecule has 1 rings (SSSR count). The standard InChI is InChI=1S/C13H18N2O3/c1-4-9(3)15(5-2)12(16)10-7-6-8-11(14-10)13(17)18/h6-9H,4-5H2,1-3H3,(H,17,18). The number of aromatic nitrogens is 1. The summed E-state index contributed by atoms with van der Waals surface area (Å²) in [6.07, 6.45) is 0.845. The number of pyridine rings is 1. The molecule has 1 N–H and O–H groups in total. The molecule has 0 aromatic carbocycles. The molecule has 1 amide bonds. The van der Waals surface area contributed by atoms with Gasteiger partial charge in [-0.05, 0) is 32.4 Å². The SMILES string of the molecule is CCC(C)N(CC)C(=O)c1cccc(C(=O)O)n1. The van der Waals surface area contributed by atoms with E-state index in [1.54, 1.807) is 11.0 Å². The van der Waals surface area contributed by atoms with Crippen LogP contribution < -0.4 is 0 Å². The minimum atomic E-state index is -1.13. The Labute approximate surface area is 106 Å². The van der Waals surface area contributed by atoms with Gasteiger partial charge in [-0.25, -0.2) is 9.78 Å². The Bertz CT molecular complexity index is 446. The molecule has 0 aliphatic heterocycles. The highest BCUT2D eigenvalue weighted by atomic mass is 16.4. The summed E-state index contributed by atoms with van der Waals surface area (Å²) in [6.45, 7) is 6.43. The van der Waals surface area contributed by atoms with Gasteiger partial charge in [0.1, 0.15) is 11.4 Å². The van der Waals surface area contributed by atoms with E-state index in [0.717, 1.165) is 6.42 Å². The second kappa shape index (κ2) is 6.14. The van der Waals surface area contributed by atoms with Crippen LogP contribution in [0.2, 0.25) is 0 Å². The van der Waals surface area contributed by atoms with Crippen LogP contribution in [0.25, 0.3) is 0 Å². The van der Waals surface area contributed by atoms with Crippen molar-refractivity contribution in [3.05, 3.63) is 29.6 Å². The van der Waals surface area contributed by atoms with Crippen molar-refractivity contribution in [3.63, 3.8) is 0 Å². The second-order valence-corrected chi connectivity index (χ2v) is 4.06. The Morgan fingerprint density at radius 2 is 1.94 bits per heavy atom. The summed E-state index contributed by atoms with van der Waals surface area (Å²) >= 11 is 0. The van der Waals surface area contributed by atoms with Gasteiger partial charge < -0.3 is 10.0 Å². The van der Waals surface area contributed by atoms with Crippen molar-refractivity contribution in [1.29, 1.82) is 0 Å². The van der Waals surface area contributed by atoms with E-state index >= 15 is 0 Å². The van der Waals surface area contributed by atoms with Crippen LogP contribution in [-0.4, -0.2) is 39.5 Å². The zero-order valence-corrected chi connectivity index (χ0v) is 10.9. The summed E-state index contributed by atoms with van der Waals surface area (Å²) in [5, 5.41) is 8.85. The molecule has 0 aliphatic carbocycles. The summed E-state index contributed by atoms with van der Waals surface area (Å²) in [6, 6.07) is 4.56. The Balaban J connectivity index is 3.02. The maximum atomic E-state index is 12.2. The van der Waals surface area contributed by atoms with Gasteiger partial charge in [0.05, 0.1) is 0 Å². The molecule has 0 saturated carbocycles. The van der Waals surface area contributed by atoms with E-state index in [2.05, 4.69) is 4.98 Å². The summed E-state index contributed by atoms with van der Waals surface area (Å²) in [5.74, 6) is -1.36. The number of amides is 1. The first-order valence-corrected chi connectivity index (χ1v) is 6.02. The highest BCUT2D eigenvalue weighted by Crippen LogP contribution is 2.09. The van der Waals surface area contributed by atoms with E-state index in [1.165, 1.54) is 12.1 Å². The van der Waals surface area contributed by atoms with Gasteiger partial charge in [0.25, 0.3) is 5.91 Å². The molecule has 1 heterocycles. The average molecular weight is 250 g/mol. The van der Waals surface area contributed by atoms with Crippen molar-refractivity contribution in [3.8, 4) is 0 Å². The first-order valence-electron chi connectivity index (χ1n) is 6.02. The van der Waals surface area contributed by atoms with Gasteiger partial charge in [-0.2, -0.15) is 0 Å². The van der Waals surface area contributed by atoms with Crippen LogP contribution in [0, 0.1) is 0 Å². The van der Waals surface area contributed by atoms with Gasteiger partial charge in [-0.1, -0.05) is 13.0 Å². The molecule has 0 fully saturated rings.